The van der Waals surface area contributed by atoms with Crippen LogP contribution in [0.25, 0.3) is 0 Å². The van der Waals surface area contributed by atoms with E-state index in [0.717, 1.165) is 18.2 Å². The van der Waals surface area contributed by atoms with Crippen LogP contribution in [0.4, 0.5) is 13.2 Å². The third-order valence-electron chi connectivity index (χ3n) is 2.00. The van der Waals surface area contributed by atoms with E-state index in [1.165, 1.54) is 6.92 Å². The van der Waals surface area contributed by atoms with Gasteiger partial charge >= 0.3 is 12.3 Å². The van der Waals surface area contributed by atoms with Crippen LogP contribution >= 0.6 is 0 Å². The second kappa shape index (κ2) is 5.67. The Labute approximate surface area is 112 Å². The van der Waals surface area contributed by atoms with E-state index in [9.17, 15) is 26.4 Å². The molecule has 0 aliphatic heterocycles. The minimum atomic E-state index is -5.10. The van der Waals surface area contributed by atoms with Crippen LogP contribution in [0.15, 0.2) is 23.1 Å². The highest BCUT2D eigenvalue weighted by atomic mass is 32.2. The molecule has 0 unspecified atom stereocenters. The molecule has 0 aromatic heterocycles. The van der Waals surface area contributed by atoms with Crippen molar-refractivity contribution in [1.82, 2.24) is 0 Å². The van der Waals surface area contributed by atoms with E-state index in [4.69, 9.17) is 5.14 Å². The van der Waals surface area contributed by atoms with Gasteiger partial charge in [0.1, 0.15) is 16.2 Å². The van der Waals surface area contributed by atoms with Gasteiger partial charge in [-0.3, -0.25) is 0 Å². The monoisotopic (exact) mass is 313 g/mol. The molecule has 0 amide bonds. The average Bonchev–Trinajstić information content (AvgIpc) is 2.25. The molecule has 0 aliphatic rings. The number of carbonyl (C=O) groups excluding carboxylic acids is 1. The number of hydrogen-bond donors (Lipinski definition) is 1. The summed E-state index contributed by atoms with van der Waals surface area (Å²) in [4.78, 5) is 10.8. The predicted molar refractivity (Wildman–Crippen MR) is 60.5 cm³/mol. The van der Waals surface area contributed by atoms with E-state index in [2.05, 4.69) is 9.47 Å². The number of esters is 1. The SMILES string of the molecule is CCOC(=O)c1c(OC(F)(F)F)cccc1S(N)(=O)=O. The molecule has 0 heterocycles. The van der Waals surface area contributed by atoms with Crippen molar-refractivity contribution < 1.29 is 35.9 Å². The largest absolute Gasteiger partial charge is 0.573 e. The van der Waals surface area contributed by atoms with Gasteiger partial charge in [0.2, 0.25) is 10.0 Å². The third kappa shape index (κ3) is 4.10. The second-order valence-electron chi connectivity index (χ2n) is 3.44. The standard InChI is InChI=1S/C10H10F3NO5S/c1-2-18-9(15)8-6(19-10(11,12)13)4-3-5-7(8)20(14,16)17/h3-5H,2H2,1H3,(H2,14,16,17). The molecule has 0 atom stereocenters. The van der Waals surface area contributed by atoms with Crippen molar-refractivity contribution in [2.24, 2.45) is 5.14 Å². The Morgan fingerprint density at radius 2 is 1.95 bits per heavy atom. The van der Waals surface area contributed by atoms with Crippen molar-refractivity contribution in [3.63, 3.8) is 0 Å². The first-order valence-corrected chi connectivity index (χ1v) is 6.69. The predicted octanol–water partition coefficient (Wildman–Crippen LogP) is 1.41. The maximum Gasteiger partial charge on any atom is 0.573 e. The van der Waals surface area contributed by atoms with Gasteiger partial charge in [-0.25, -0.2) is 18.4 Å². The zero-order valence-corrected chi connectivity index (χ0v) is 10.9. The Morgan fingerprint density at radius 1 is 1.35 bits per heavy atom. The zero-order chi connectivity index (χ0) is 15.6. The van der Waals surface area contributed by atoms with Crippen molar-refractivity contribution in [2.45, 2.75) is 18.2 Å². The summed E-state index contributed by atoms with van der Waals surface area (Å²) in [5.74, 6) is -2.28. The second-order valence-corrected chi connectivity index (χ2v) is 4.97. The lowest BCUT2D eigenvalue weighted by Gasteiger charge is -2.14. The van der Waals surface area contributed by atoms with Gasteiger partial charge in [0.15, 0.2) is 0 Å². The van der Waals surface area contributed by atoms with Gasteiger partial charge in [-0.05, 0) is 19.1 Å². The molecular weight excluding hydrogens is 303 g/mol. The van der Waals surface area contributed by atoms with E-state index in [1.54, 1.807) is 0 Å². The maximum atomic E-state index is 12.2. The van der Waals surface area contributed by atoms with Crippen LogP contribution in [0.5, 0.6) is 5.75 Å². The third-order valence-corrected chi connectivity index (χ3v) is 2.95. The van der Waals surface area contributed by atoms with E-state index in [0.29, 0.717) is 0 Å². The summed E-state index contributed by atoms with van der Waals surface area (Å²) in [5.41, 5.74) is -0.894. The summed E-state index contributed by atoms with van der Waals surface area (Å²) in [7, 11) is -4.42. The first kappa shape index (κ1) is 16.2. The number of sulfonamides is 1. The van der Waals surface area contributed by atoms with Crippen LogP contribution in [0.1, 0.15) is 17.3 Å². The molecule has 0 radical (unpaired) electrons. The van der Waals surface area contributed by atoms with Crippen molar-refractivity contribution >= 4 is 16.0 Å². The van der Waals surface area contributed by atoms with Gasteiger partial charge in [-0.1, -0.05) is 6.07 Å². The van der Waals surface area contributed by atoms with Gasteiger partial charge in [0, 0.05) is 0 Å². The molecule has 20 heavy (non-hydrogen) atoms. The van der Waals surface area contributed by atoms with E-state index in [1.807, 2.05) is 0 Å². The van der Waals surface area contributed by atoms with Crippen LogP contribution in [0.2, 0.25) is 0 Å². The minimum absolute atomic E-state index is 0.163. The average molecular weight is 313 g/mol. The molecule has 112 valence electrons. The normalized spacial score (nSPS) is 12.1. The van der Waals surface area contributed by atoms with Gasteiger partial charge in [-0.2, -0.15) is 0 Å². The number of alkyl halides is 3. The molecule has 0 bridgehead atoms. The molecule has 0 saturated heterocycles. The minimum Gasteiger partial charge on any atom is -0.462 e. The first-order chi connectivity index (χ1) is 9.06. The van der Waals surface area contributed by atoms with Crippen molar-refractivity contribution in [2.75, 3.05) is 6.61 Å². The number of primary sulfonamides is 1. The number of halogens is 3. The summed E-state index contributed by atoms with van der Waals surface area (Å²) >= 11 is 0. The molecule has 0 spiro atoms. The van der Waals surface area contributed by atoms with Gasteiger partial charge in [0.25, 0.3) is 0 Å². The Balaban J connectivity index is 3.49. The summed E-state index contributed by atoms with van der Waals surface area (Å²) in [5, 5.41) is 4.85. The van der Waals surface area contributed by atoms with Crippen LogP contribution in [0, 0.1) is 0 Å². The number of ether oxygens (including phenoxy) is 2. The van der Waals surface area contributed by atoms with Crippen molar-refractivity contribution in [3.8, 4) is 5.75 Å². The fourth-order valence-corrected chi connectivity index (χ4v) is 2.10. The first-order valence-electron chi connectivity index (χ1n) is 5.15. The van der Waals surface area contributed by atoms with Crippen LogP contribution in [0.3, 0.4) is 0 Å². The summed E-state index contributed by atoms with van der Waals surface area (Å²) in [6, 6.07) is 2.63. The lowest BCUT2D eigenvalue weighted by atomic mass is 10.2. The molecule has 6 nitrogen and oxygen atoms in total. The van der Waals surface area contributed by atoms with Crippen LogP contribution < -0.4 is 9.88 Å². The molecule has 2 N–H and O–H groups in total. The van der Waals surface area contributed by atoms with Gasteiger partial charge < -0.3 is 9.47 Å². The molecule has 1 aromatic rings. The number of hydrogen-bond acceptors (Lipinski definition) is 5. The van der Waals surface area contributed by atoms with Crippen LogP contribution in [-0.4, -0.2) is 27.4 Å². The Hall–Kier alpha value is -1.81. The van der Waals surface area contributed by atoms with Crippen molar-refractivity contribution in [3.05, 3.63) is 23.8 Å². The fraction of sp³-hybridized carbons (Fsp3) is 0.300. The smallest absolute Gasteiger partial charge is 0.462 e. The molecule has 0 fully saturated rings. The fourth-order valence-electron chi connectivity index (χ4n) is 1.36. The highest BCUT2D eigenvalue weighted by Crippen LogP contribution is 2.30. The van der Waals surface area contributed by atoms with E-state index < -0.39 is 38.6 Å². The molecule has 1 rings (SSSR count). The topological polar surface area (TPSA) is 95.7 Å². The molecule has 0 saturated carbocycles. The molecule has 1 aromatic carbocycles. The van der Waals surface area contributed by atoms with E-state index >= 15 is 0 Å². The van der Waals surface area contributed by atoms with E-state index in [-0.39, 0.29) is 6.61 Å². The number of rotatable bonds is 4. The Bertz CT molecular complexity index is 612. The Morgan fingerprint density at radius 3 is 2.40 bits per heavy atom. The lowest BCUT2D eigenvalue weighted by Crippen LogP contribution is -2.23. The van der Waals surface area contributed by atoms with Gasteiger partial charge in [-0.15, -0.1) is 13.2 Å². The summed E-state index contributed by atoms with van der Waals surface area (Å²) < 4.78 is 67.5. The highest BCUT2D eigenvalue weighted by Gasteiger charge is 2.35. The maximum absolute atomic E-state index is 12.2. The van der Waals surface area contributed by atoms with Crippen molar-refractivity contribution in [1.29, 1.82) is 0 Å². The highest BCUT2D eigenvalue weighted by molar-refractivity contribution is 7.89. The van der Waals surface area contributed by atoms with Gasteiger partial charge in [0.05, 0.1) is 6.61 Å². The number of carbonyl (C=O) groups is 1. The molecule has 10 heteroatoms. The molecule has 0 aliphatic carbocycles. The summed E-state index contributed by atoms with van der Waals surface area (Å²) in [6.45, 7) is 1.24. The number of nitrogens with two attached hydrogens (primary N) is 1. The Kier molecular flexibility index (Phi) is 4.61. The molecular formula is C10H10F3NO5S. The number of benzene rings is 1. The zero-order valence-electron chi connectivity index (χ0n) is 10.1. The summed E-state index contributed by atoms with van der Waals surface area (Å²) in [6.07, 6.45) is -5.10. The quantitative estimate of drug-likeness (QED) is 0.848. The van der Waals surface area contributed by atoms with Crippen LogP contribution in [-0.2, 0) is 14.8 Å². The lowest BCUT2D eigenvalue weighted by molar-refractivity contribution is -0.274.